The van der Waals surface area contributed by atoms with Crippen LogP contribution in [-0.2, 0) is 0 Å². The van der Waals surface area contributed by atoms with Crippen LogP contribution in [0.25, 0.3) is 0 Å². The van der Waals surface area contributed by atoms with E-state index in [1.54, 1.807) is 0 Å². The minimum atomic E-state index is 0.0165. The average molecular weight is 260 g/mol. The number of nitrogens with one attached hydrogen (secondary N) is 2. The van der Waals surface area contributed by atoms with Crippen LogP contribution in [0, 0.1) is 0 Å². The molecule has 19 heavy (non-hydrogen) atoms. The zero-order chi connectivity index (χ0) is 13.5. The Hall–Kier alpha value is -1.88. The van der Waals surface area contributed by atoms with Crippen LogP contribution >= 0.6 is 0 Å². The molecule has 0 aliphatic carbocycles. The second kappa shape index (κ2) is 6.89. The number of hydrogen-bond donors (Lipinski definition) is 2. The Morgan fingerprint density at radius 2 is 2.26 bits per heavy atom. The van der Waals surface area contributed by atoms with Crippen LogP contribution in [0.1, 0.15) is 37.7 Å². The molecule has 2 N–H and O–H groups in total. The first-order valence-corrected chi connectivity index (χ1v) is 6.66. The molecule has 2 rings (SSSR count). The first-order chi connectivity index (χ1) is 9.35. The predicted molar refractivity (Wildman–Crippen MR) is 74.1 cm³/mol. The molecule has 1 aromatic carbocycles. The lowest BCUT2D eigenvalue weighted by atomic mass is 10.1. The van der Waals surface area contributed by atoms with Crippen molar-refractivity contribution in [2.45, 2.75) is 26.3 Å². The van der Waals surface area contributed by atoms with Gasteiger partial charge < -0.3 is 10.1 Å². The zero-order valence-electron chi connectivity index (χ0n) is 11.4. The van der Waals surface area contributed by atoms with Gasteiger partial charge in [-0.2, -0.15) is 5.10 Å². The van der Waals surface area contributed by atoms with Crippen molar-refractivity contribution < 1.29 is 4.74 Å². The summed E-state index contributed by atoms with van der Waals surface area (Å²) in [4.78, 5) is 4.25. The van der Waals surface area contributed by atoms with Crippen molar-refractivity contribution in [3.63, 3.8) is 0 Å². The third-order valence-electron chi connectivity index (χ3n) is 2.81. The Labute approximate surface area is 113 Å². The van der Waals surface area contributed by atoms with Crippen LogP contribution < -0.4 is 10.1 Å². The summed E-state index contributed by atoms with van der Waals surface area (Å²) in [7, 11) is 0. The van der Waals surface area contributed by atoms with Gasteiger partial charge in [-0.3, -0.25) is 5.10 Å². The highest BCUT2D eigenvalue weighted by atomic mass is 16.5. The summed E-state index contributed by atoms with van der Waals surface area (Å²) >= 11 is 0. The number of benzene rings is 1. The van der Waals surface area contributed by atoms with E-state index < -0.39 is 0 Å². The highest BCUT2D eigenvalue weighted by molar-refractivity contribution is 5.33. The van der Waals surface area contributed by atoms with Gasteiger partial charge in [-0.1, -0.05) is 19.1 Å². The van der Waals surface area contributed by atoms with Crippen molar-refractivity contribution in [1.82, 2.24) is 20.5 Å². The summed E-state index contributed by atoms with van der Waals surface area (Å²) in [6.07, 6.45) is 2.60. The van der Waals surface area contributed by atoms with Gasteiger partial charge >= 0.3 is 0 Å². The predicted octanol–water partition coefficient (Wildman–Crippen LogP) is 2.29. The smallest absolute Gasteiger partial charge is 0.145 e. The highest BCUT2D eigenvalue weighted by Crippen LogP contribution is 2.22. The molecule has 0 radical (unpaired) electrons. The van der Waals surface area contributed by atoms with Crippen LogP contribution in [0.2, 0.25) is 0 Å². The SMILES string of the molecule is CCCNC(c1cccc(OCC)c1)c1ncn[nH]1. The Balaban J connectivity index is 2.24. The third kappa shape index (κ3) is 3.54. The Morgan fingerprint density at radius 1 is 1.37 bits per heavy atom. The van der Waals surface area contributed by atoms with E-state index in [1.165, 1.54) is 6.33 Å². The summed E-state index contributed by atoms with van der Waals surface area (Å²) in [5, 5.41) is 10.3. The monoisotopic (exact) mass is 260 g/mol. The number of aromatic amines is 1. The minimum Gasteiger partial charge on any atom is -0.494 e. The molecule has 5 nitrogen and oxygen atoms in total. The van der Waals surface area contributed by atoms with Gasteiger partial charge in [0.05, 0.1) is 12.6 Å². The van der Waals surface area contributed by atoms with Crippen LogP contribution in [-0.4, -0.2) is 28.3 Å². The molecule has 0 aliphatic rings. The molecule has 1 unspecified atom stereocenters. The second-order valence-electron chi connectivity index (χ2n) is 4.26. The largest absolute Gasteiger partial charge is 0.494 e. The number of rotatable bonds is 7. The highest BCUT2D eigenvalue weighted by Gasteiger charge is 2.16. The third-order valence-corrected chi connectivity index (χ3v) is 2.81. The van der Waals surface area contributed by atoms with Crippen molar-refractivity contribution >= 4 is 0 Å². The van der Waals surface area contributed by atoms with Gasteiger partial charge in [-0.25, -0.2) is 4.98 Å². The summed E-state index contributed by atoms with van der Waals surface area (Å²) in [5.74, 6) is 1.70. The summed E-state index contributed by atoms with van der Waals surface area (Å²) in [5.41, 5.74) is 1.12. The molecule has 0 fully saturated rings. The van der Waals surface area contributed by atoms with Crippen LogP contribution in [0.15, 0.2) is 30.6 Å². The van der Waals surface area contributed by atoms with E-state index in [-0.39, 0.29) is 6.04 Å². The number of H-pyrrole nitrogens is 1. The van der Waals surface area contributed by atoms with E-state index in [2.05, 4.69) is 33.5 Å². The molecule has 1 aromatic heterocycles. The van der Waals surface area contributed by atoms with Crippen molar-refractivity contribution in [3.8, 4) is 5.75 Å². The zero-order valence-corrected chi connectivity index (χ0v) is 11.4. The average Bonchev–Trinajstić information content (AvgIpc) is 2.94. The molecule has 0 saturated heterocycles. The van der Waals surface area contributed by atoms with Gasteiger partial charge in [-0.05, 0) is 37.6 Å². The van der Waals surface area contributed by atoms with Crippen LogP contribution in [0.5, 0.6) is 5.75 Å². The number of hydrogen-bond acceptors (Lipinski definition) is 4. The fourth-order valence-electron chi connectivity index (χ4n) is 1.97. The van der Waals surface area contributed by atoms with E-state index in [1.807, 2.05) is 25.1 Å². The Morgan fingerprint density at radius 3 is 2.95 bits per heavy atom. The second-order valence-corrected chi connectivity index (χ2v) is 4.26. The number of aromatic nitrogens is 3. The van der Waals surface area contributed by atoms with Gasteiger partial charge in [0.25, 0.3) is 0 Å². The number of ether oxygens (including phenoxy) is 1. The first-order valence-electron chi connectivity index (χ1n) is 6.66. The van der Waals surface area contributed by atoms with Crippen molar-refractivity contribution in [1.29, 1.82) is 0 Å². The van der Waals surface area contributed by atoms with Crippen LogP contribution in [0.4, 0.5) is 0 Å². The minimum absolute atomic E-state index is 0.0165. The molecule has 2 aromatic rings. The first kappa shape index (κ1) is 13.5. The van der Waals surface area contributed by atoms with E-state index in [9.17, 15) is 0 Å². The van der Waals surface area contributed by atoms with Crippen molar-refractivity contribution in [3.05, 3.63) is 42.0 Å². The quantitative estimate of drug-likeness (QED) is 0.801. The molecule has 0 bridgehead atoms. The van der Waals surface area contributed by atoms with Gasteiger partial charge in [0.1, 0.15) is 17.9 Å². The molecule has 1 heterocycles. The maximum absolute atomic E-state index is 5.54. The van der Waals surface area contributed by atoms with E-state index >= 15 is 0 Å². The molecule has 102 valence electrons. The van der Waals surface area contributed by atoms with Gasteiger partial charge in [-0.15, -0.1) is 0 Å². The lowest BCUT2D eigenvalue weighted by Crippen LogP contribution is -2.24. The van der Waals surface area contributed by atoms with E-state index in [0.717, 1.165) is 30.1 Å². The van der Waals surface area contributed by atoms with Gasteiger partial charge in [0.15, 0.2) is 0 Å². The molecule has 0 aliphatic heterocycles. The maximum Gasteiger partial charge on any atom is 0.145 e. The Bertz CT molecular complexity index is 484. The summed E-state index contributed by atoms with van der Waals surface area (Å²) < 4.78 is 5.54. The fraction of sp³-hybridized carbons (Fsp3) is 0.429. The van der Waals surface area contributed by atoms with Gasteiger partial charge in [0.2, 0.25) is 0 Å². The molecule has 1 atom stereocenters. The van der Waals surface area contributed by atoms with Crippen molar-refractivity contribution in [2.75, 3.05) is 13.2 Å². The summed E-state index contributed by atoms with van der Waals surface area (Å²) in [6, 6.07) is 8.09. The topological polar surface area (TPSA) is 62.8 Å². The molecule has 0 saturated carbocycles. The molecule has 5 heteroatoms. The molecular weight excluding hydrogens is 240 g/mol. The van der Waals surface area contributed by atoms with E-state index in [0.29, 0.717) is 6.61 Å². The molecule has 0 amide bonds. The van der Waals surface area contributed by atoms with Crippen molar-refractivity contribution in [2.24, 2.45) is 0 Å². The molecular formula is C14H20N4O. The van der Waals surface area contributed by atoms with Crippen LogP contribution in [0.3, 0.4) is 0 Å². The lowest BCUT2D eigenvalue weighted by Gasteiger charge is -2.17. The Kier molecular flexibility index (Phi) is 4.92. The standard InChI is InChI=1S/C14H20N4O/c1-3-8-15-13(14-16-10-17-18-14)11-6-5-7-12(9-11)19-4-2/h5-7,9-10,13,15H,3-4,8H2,1-2H3,(H,16,17,18). The maximum atomic E-state index is 5.54. The number of nitrogens with zero attached hydrogens (tertiary/aromatic N) is 2. The summed E-state index contributed by atoms with van der Waals surface area (Å²) in [6.45, 7) is 5.71. The molecule has 0 spiro atoms. The van der Waals surface area contributed by atoms with Gasteiger partial charge in [0, 0.05) is 0 Å². The normalized spacial score (nSPS) is 12.3. The fourth-order valence-corrected chi connectivity index (χ4v) is 1.97. The van der Waals surface area contributed by atoms with E-state index in [4.69, 9.17) is 4.74 Å². The lowest BCUT2D eigenvalue weighted by molar-refractivity contribution is 0.339.